The average Bonchev–Trinajstić information content (AvgIpc) is 2.63. The van der Waals surface area contributed by atoms with Gasteiger partial charge in [0.2, 0.25) is 5.91 Å². The van der Waals surface area contributed by atoms with Crippen LogP contribution in [0.4, 0.5) is 9.18 Å². The van der Waals surface area contributed by atoms with Gasteiger partial charge in [0.05, 0.1) is 7.11 Å². The third-order valence-corrected chi connectivity index (χ3v) is 3.78. The first-order valence-corrected chi connectivity index (χ1v) is 7.99. The molecule has 1 atom stereocenters. The van der Waals surface area contributed by atoms with E-state index in [4.69, 9.17) is 4.74 Å². The molecule has 0 aliphatic rings. The van der Waals surface area contributed by atoms with Gasteiger partial charge in [-0.3, -0.25) is 4.79 Å². The molecule has 3 amide bonds. The molecular weight excluding hydrogens is 325 g/mol. The van der Waals surface area contributed by atoms with Gasteiger partial charge in [0.25, 0.3) is 0 Å². The minimum atomic E-state index is -0.763. The highest BCUT2D eigenvalue weighted by Gasteiger charge is 2.15. The van der Waals surface area contributed by atoms with Gasteiger partial charge in [0, 0.05) is 18.7 Å². The Morgan fingerprint density at radius 3 is 2.64 bits per heavy atom. The van der Waals surface area contributed by atoms with E-state index in [9.17, 15) is 14.0 Å². The topological polar surface area (TPSA) is 79.5 Å². The van der Waals surface area contributed by atoms with Gasteiger partial charge >= 0.3 is 6.03 Å². The van der Waals surface area contributed by atoms with Crippen molar-refractivity contribution in [3.63, 3.8) is 0 Å². The standard InChI is InChI=1S/C18H22FN3O3/c1-12(17(23)20-10-9-19)22-18(24)21-11-15-14-6-4-3-5-13(14)7-8-16(15)25-2/h3-8,12H,9-11H2,1-2H3,(H,20,23)(H2,21,22,24)/t12-/m1/s1. The van der Waals surface area contributed by atoms with E-state index in [1.165, 1.54) is 6.92 Å². The zero-order valence-corrected chi connectivity index (χ0v) is 14.3. The second-order valence-corrected chi connectivity index (χ2v) is 5.50. The monoisotopic (exact) mass is 347 g/mol. The number of methoxy groups -OCH3 is 1. The highest BCUT2D eigenvalue weighted by molar-refractivity contribution is 5.89. The van der Waals surface area contributed by atoms with Crippen molar-refractivity contribution in [2.75, 3.05) is 20.3 Å². The number of urea groups is 1. The molecule has 2 aromatic rings. The molecule has 25 heavy (non-hydrogen) atoms. The summed E-state index contributed by atoms with van der Waals surface area (Å²) in [5.74, 6) is 0.239. The van der Waals surface area contributed by atoms with E-state index in [0.29, 0.717) is 5.75 Å². The Balaban J connectivity index is 2.02. The van der Waals surface area contributed by atoms with Crippen LogP contribution in [0.15, 0.2) is 36.4 Å². The Labute approximate surface area is 145 Å². The lowest BCUT2D eigenvalue weighted by molar-refractivity contribution is -0.122. The summed E-state index contributed by atoms with van der Waals surface area (Å²) in [7, 11) is 1.57. The molecule has 7 heteroatoms. The quantitative estimate of drug-likeness (QED) is 0.718. The van der Waals surface area contributed by atoms with E-state index in [1.54, 1.807) is 7.11 Å². The fourth-order valence-electron chi connectivity index (χ4n) is 2.49. The molecular formula is C18H22FN3O3. The number of hydrogen-bond donors (Lipinski definition) is 3. The SMILES string of the molecule is COc1ccc2ccccc2c1CNC(=O)N[C@H](C)C(=O)NCCF. The zero-order valence-electron chi connectivity index (χ0n) is 14.3. The highest BCUT2D eigenvalue weighted by Crippen LogP contribution is 2.27. The van der Waals surface area contributed by atoms with E-state index in [-0.39, 0.29) is 13.1 Å². The number of nitrogens with one attached hydrogen (secondary N) is 3. The van der Waals surface area contributed by atoms with Crippen LogP contribution in [0, 0.1) is 0 Å². The number of carbonyl (C=O) groups is 2. The van der Waals surface area contributed by atoms with Crippen LogP contribution in [0.25, 0.3) is 10.8 Å². The molecule has 0 heterocycles. The van der Waals surface area contributed by atoms with Crippen LogP contribution in [-0.4, -0.2) is 38.3 Å². The Hall–Kier alpha value is -2.83. The van der Waals surface area contributed by atoms with E-state index in [0.717, 1.165) is 16.3 Å². The summed E-state index contributed by atoms with van der Waals surface area (Å²) in [6, 6.07) is 10.4. The minimum Gasteiger partial charge on any atom is -0.496 e. The fraction of sp³-hybridized carbons (Fsp3) is 0.333. The third-order valence-electron chi connectivity index (χ3n) is 3.78. The summed E-state index contributed by atoms with van der Waals surface area (Å²) in [4.78, 5) is 23.7. The summed E-state index contributed by atoms with van der Waals surface area (Å²) in [6.45, 7) is 1.06. The number of alkyl halides is 1. The van der Waals surface area contributed by atoms with Crippen molar-refractivity contribution in [2.24, 2.45) is 0 Å². The van der Waals surface area contributed by atoms with Crippen LogP contribution in [0.3, 0.4) is 0 Å². The van der Waals surface area contributed by atoms with Crippen LogP contribution < -0.4 is 20.7 Å². The number of amides is 3. The molecule has 0 saturated carbocycles. The lowest BCUT2D eigenvalue weighted by atomic mass is 10.0. The van der Waals surface area contributed by atoms with Crippen LogP contribution in [0.1, 0.15) is 12.5 Å². The maximum atomic E-state index is 12.1. The number of ether oxygens (including phenoxy) is 1. The summed E-state index contributed by atoms with van der Waals surface area (Å²) >= 11 is 0. The smallest absolute Gasteiger partial charge is 0.315 e. The number of carbonyl (C=O) groups excluding carboxylic acids is 2. The number of fused-ring (bicyclic) bond motifs is 1. The number of hydrogen-bond acceptors (Lipinski definition) is 3. The normalized spacial score (nSPS) is 11.6. The van der Waals surface area contributed by atoms with E-state index < -0.39 is 24.7 Å². The summed E-state index contributed by atoms with van der Waals surface area (Å²) < 4.78 is 17.4. The Bertz CT molecular complexity index is 751. The van der Waals surface area contributed by atoms with Crippen molar-refractivity contribution in [3.05, 3.63) is 42.0 Å². The highest BCUT2D eigenvalue weighted by atomic mass is 19.1. The molecule has 0 aliphatic carbocycles. The molecule has 0 unspecified atom stereocenters. The number of benzene rings is 2. The van der Waals surface area contributed by atoms with Crippen molar-refractivity contribution in [2.45, 2.75) is 19.5 Å². The zero-order chi connectivity index (χ0) is 18.2. The summed E-state index contributed by atoms with van der Waals surface area (Å²) in [6.07, 6.45) is 0. The van der Waals surface area contributed by atoms with Gasteiger partial charge in [0.15, 0.2) is 0 Å². The van der Waals surface area contributed by atoms with E-state index in [2.05, 4.69) is 16.0 Å². The van der Waals surface area contributed by atoms with Gasteiger partial charge in [-0.05, 0) is 23.8 Å². The predicted octanol–water partition coefficient (Wildman–Crippen LogP) is 2.12. The average molecular weight is 347 g/mol. The Morgan fingerprint density at radius 2 is 1.92 bits per heavy atom. The molecule has 0 radical (unpaired) electrons. The molecule has 0 bridgehead atoms. The first-order chi connectivity index (χ1) is 12.1. The molecule has 0 aliphatic heterocycles. The molecule has 0 spiro atoms. The van der Waals surface area contributed by atoms with Crippen LogP contribution in [0.2, 0.25) is 0 Å². The largest absolute Gasteiger partial charge is 0.496 e. The fourth-order valence-corrected chi connectivity index (χ4v) is 2.49. The number of halogens is 1. The van der Waals surface area contributed by atoms with Crippen molar-refractivity contribution >= 4 is 22.7 Å². The van der Waals surface area contributed by atoms with Crippen LogP contribution >= 0.6 is 0 Å². The van der Waals surface area contributed by atoms with Gasteiger partial charge in [-0.15, -0.1) is 0 Å². The molecule has 134 valence electrons. The molecule has 6 nitrogen and oxygen atoms in total. The predicted molar refractivity (Wildman–Crippen MR) is 94.3 cm³/mol. The minimum absolute atomic E-state index is 0.0698. The first kappa shape index (κ1) is 18.5. The van der Waals surface area contributed by atoms with Crippen molar-refractivity contribution in [3.8, 4) is 5.75 Å². The van der Waals surface area contributed by atoms with Gasteiger partial charge in [-0.25, -0.2) is 9.18 Å². The lowest BCUT2D eigenvalue weighted by Crippen LogP contribution is -2.48. The molecule has 2 aromatic carbocycles. The van der Waals surface area contributed by atoms with Gasteiger partial charge in [-0.1, -0.05) is 30.3 Å². The maximum Gasteiger partial charge on any atom is 0.315 e. The molecule has 2 rings (SSSR count). The maximum absolute atomic E-state index is 12.1. The first-order valence-electron chi connectivity index (χ1n) is 7.99. The van der Waals surface area contributed by atoms with Crippen LogP contribution in [0.5, 0.6) is 5.75 Å². The Kier molecular flexibility index (Phi) is 6.56. The van der Waals surface area contributed by atoms with E-state index in [1.807, 2.05) is 36.4 Å². The van der Waals surface area contributed by atoms with Gasteiger partial charge in [0.1, 0.15) is 18.5 Å². The van der Waals surface area contributed by atoms with Crippen molar-refractivity contribution < 1.29 is 18.7 Å². The van der Waals surface area contributed by atoms with Gasteiger partial charge < -0.3 is 20.7 Å². The summed E-state index contributed by atoms with van der Waals surface area (Å²) in [5.41, 5.74) is 0.852. The Morgan fingerprint density at radius 1 is 1.16 bits per heavy atom. The van der Waals surface area contributed by atoms with Crippen molar-refractivity contribution in [1.82, 2.24) is 16.0 Å². The third kappa shape index (κ3) is 4.82. The molecule has 3 N–H and O–H groups in total. The van der Waals surface area contributed by atoms with Crippen molar-refractivity contribution in [1.29, 1.82) is 0 Å². The molecule has 0 aromatic heterocycles. The van der Waals surface area contributed by atoms with E-state index >= 15 is 0 Å². The number of rotatable bonds is 7. The molecule has 0 saturated heterocycles. The van der Waals surface area contributed by atoms with Crippen LogP contribution in [-0.2, 0) is 11.3 Å². The summed E-state index contributed by atoms with van der Waals surface area (Å²) in [5, 5.41) is 9.64. The van der Waals surface area contributed by atoms with Gasteiger partial charge in [-0.2, -0.15) is 0 Å². The lowest BCUT2D eigenvalue weighted by Gasteiger charge is -2.16. The second kappa shape index (κ2) is 8.86. The second-order valence-electron chi connectivity index (χ2n) is 5.50. The molecule has 0 fully saturated rings.